The van der Waals surface area contributed by atoms with Crippen LogP contribution in [0.2, 0.25) is 0 Å². The fraction of sp³-hybridized carbons (Fsp3) is 0.429. The molecule has 0 saturated carbocycles. The summed E-state index contributed by atoms with van der Waals surface area (Å²) in [5, 5.41) is 0.383. The lowest BCUT2D eigenvalue weighted by molar-refractivity contribution is -0.115. The summed E-state index contributed by atoms with van der Waals surface area (Å²) in [7, 11) is 2.09. The number of pyridine rings is 1. The van der Waals surface area contributed by atoms with Crippen molar-refractivity contribution in [3.63, 3.8) is 0 Å². The summed E-state index contributed by atoms with van der Waals surface area (Å²) >= 11 is 0. The van der Waals surface area contributed by atoms with Gasteiger partial charge >= 0.3 is 0 Å². The monoisotopic (exact) mass is 302 g/mol. The van der Waals surface area contributed by atoms with Crippen molar-refractivity contribution in [2.24, 2.45) is 0 Å². The molecule has 3 heterocycles. The first-order valence-electron chi connectivity index (χ1n) is 7.14. The fourth-order valence-corrected chi connectivity index (χ4v) is 2.44. The van der Waals surface area contributed by atoms with E-state index in [-0.39, 0.29) is 11.5 Å². The van der Waals surface area contributed by atoms with Crippen molar-refractivity contribution in [1.29, 1.82) is 0 Å². The van der Waals surface area contributed by atoms with Crippen LogP contribution in [0, 0.1) is 0 Å². The minimum Gasteiger partial charge on any atom is -0.338 e. The van der Waals surface area contributed by atoms with Crippen LogP contribution < -0.4 is 15.9 Å². The van der Waals surface area contributed by atoms with Crippen molar-refractivity contribution in [3.05, 3.63) is 28.8 Å². The zero-order valence-electron chi connectivity index (χ0n) is 12.6. The summed E-state index contributed by atoms with van der Waals surface area (Å²) in [4.78, 5) is 36.5. The van der Waals surface area contributed by atoms with Gasteiger partial charge in [0, 0.05) is 45.5 Å². The number of likely N-dealkylation sites (N-methyl/N-ethyl adjacent to an activating group) is 1. The Bertz CT molecular complexity index is 764. The van der Waals surface area contributed by atoms with Gasteiger partial charge in [-0.2, -0.15) is 0 Å². The third-order valence-corrected chi connectivity index (χ3v) is 3.70. The number of nitrogens with one attached hydrogen (secondary N) is 1. The average Bonchev–Trinajstić information content (AvgIpc) is 2.50. The van der Waals surface area contributed by atoms with Gasteiger partial charge < -0.3 is 9.80 Å². The molecular formula is C14H18N6O2. The molecule has 116 valence electrons. The minimum absolute atomic E-state index is 0.309. The smallest absolute Gasteiger partial charge is 0.280 e. The van der Waals surface area contributed by atoms with Gasteiger partial charge in [0.05, 0.1) is 10.9 Å². The van der Waals surface area contributed by atoms with Crippen LogP contribution in [0.5, 0.6) is 0 Å². The summed E-state index contributed by atoms with van der Waals surface area (Å²) in [5.41, 5.74) is 2.69. The SMILES string of the molecule is CC(=O)Nn1ccc2nc(N3CCN(C)CC3)ncc2c1=O. The lowest BCUT2D eigenvalue weighted by atomic mass is 10.3. The Morgan fingerprint density at radius 1 is 1.27 bits per heavy atom. The molecule has 1 saturated heterocycles. The van der Waals surface area contributed by atoms with Crippen LogP contribution in [0.3, 0.4) is 0 Å². The van der Waals surface area contributed by atoms with Crippen LogP contribution in [0.1, 0.15) is 6.92 Å². The van der Waals surface area contributed by atoms with E-state index in [4.69, 9.17) is 0 Å². The van der Waals surface area contributed by atoms with Gasteiger partial charge in [-0.05, 0) is 13.1 Å². The van der Waals surface area contributed by atoms with E-state index in [2.05, 4.69) is 32.2 Å². The van der Waals surface area contributed by atoms with Gasteiger partial charge in [-0.25, -0.2) is 14.6 Å². The summed E-state index contributed by atoms with van der Waals surface area (Å²) in [5.74, 6) is 0.328. The summed E-state index contributed by atoms with van der Waals surface area (Å²) < 4.78 is 1.14. The third kappa shape index (κ3) is 2.77. The Morgan fingerprint density at radius 3 is 2.68 bits per heavy atom. The summed E-state index contributed by atoms with van der Waals surface area (Å²) in [6.07, 6.45) is 3.03. The average molecular weight is 302 g/mol. The first-order chi connectivity index (χ1) is 10.5. The molecule has 8 heteroatoms. The number of piperazine rings is 1. The van der Waals surface area contributed by atoms with Gasteiger partial charge in [0.25, 0.3) is 5.56 Å². The quantitative estimate of drug-likeness (QED) is 0.815. The van der Waals surface area contributed by atoms with Crippen molar-refractivity contribution in [2.75, 3.05) is 43.6 Å². The van der Waals surface area contributed by atoms with Crippen LogP contribution in [-0.2, 0) is 4.79 Å². The summed E-state index contributed by atoms with van der Waals surface area (Å²) in [6.45, 7) is 5.01. The molecule has 0 atom stereocenters. The lowest BCUT2D eigenvalue weighted by Gasteiger charge is -2.32. The first kappa shape index (κ1) is 14.5. The number of amides is 1. The second kappa shape index (κ2) is 5.72. The van der Waals surface area contributed by atoms with Gasteiger partial charge in [-0.3, -0.25) is 15.0 Å². The molecule has 0 bridgehead atoms. The van der Waals surface area contributed by atoms with E-state index in [9.17, 15) is 9.59 Å². The van der Waals surface area contributed by atoms with Gasteiger partial charge in [0.15, 0.2) is 0 Å². The van der Waals surface area contributed by atoms with Gasteiger partial charge in [-0.1, -0.05) is 0 Å². The lowest BCUT2D eigenvalue weighted by Crippen LogP contribution is -2.45. The second-order valence-electron chi connectivity index (χ2n) is 5.42. The van der Waals surface area contributed by atoms with Crippen molar-refractivity contribution >= 4 is 22.8 Å². The van der Waals surface area contributed by atoms with Crippen LogP contribution >= 0.6 is 0 Å². The molecule has 1 aliphatic rings. The van der Waals surface area contributed by atoms with Crippen LogP contribution in [0.25, 0.3) is 10.9 Å². The van der Waals surface area contributed by atoms with E-state index in [1.54, 1.807) is 6.07 Å². The number of aromatic nitrogens is 3. The number of anilines is 1. The number of rotatable bonds is 2. The number of carbonyl (C=O) groups is 1. The van der Waals surface area contributed by atoms with E-state index in [0.717, 1.165) is 30.9 Å². The molecule has 1 aliphatic heterocycles. The maximum atomic E-state index is 12.2. The molecule has 0 spiro atoms. The van der Waals surface area contributed by atoms with Gasteiger partial charge in [-0.15, -0.1) is 0 Å². The highest BCUT2D eigenvalue weighted by Crippen LogP contribution is 2.13. The first-order valence-corrected chi connectivity index (χ1v) is 7.14. The molecule has 1 fully saturated rings. The highest BCUT2D eigenvalue weighted by Gasteiger charge is 2.17. The fourth-order valence-electron chi connectivity index (χ4n) is 2.44. The van der Waals surface area contributed by atoms with Crippen molar-refractivity contribution in [1.82, 2.24) is 19.5 Å². The Hall–Kier alpha value is -2.48. The van der Waals surface area contributed by atoms with Gasteiger partial charge in [0.2, 0.25) is 11.9 Å². The van der Waals surface area contributed by atoms with Crippen LogP contribution in [-0.4, -0.2) is 58.7 Å². The molecule has 2 aromatic rings. The topological polar surface area (TPSA) is 83.4 Å². The van der Waals surface area contributed by atoms with Crippen LogP contribution in [0.4, 0.5) is 5.95 Å². The van der Waals surface area contributed by atoms with Crippen molar-refractivity contribution in [2.45, 2.75) is 6.92 Å². The van der Waals surface area contributed by atoms with Crippen molar-refractivity contribution in [3.8, 4) is 0 Å². The van der Waals surface area contributed by atoms with Crippen LogP contribution in [0.15, 0.2) is 23.3 Å². The molecule has 1 amide bonds. The standard InChI is InChI=1S/C14H18N6O2/c1-10(21)17-20-4-3-12-11(13(20)22)9-15-14(16-12)19-7-5-18(2)6-8-19/h3-4,9H,5-8H2,1-2H3,(H,17,21). The number of fused-ring (bicyclic) bond motifs is 1. The predicted molar refractivity (Wildman–Crippen MR) is 83.5 cm³/mol. The van der Waals surface area contributed by atoms with Crippen molar-refractivity contribution < 1.29 is 4.79 Å². The van der Waals surface area contributed by atoms with E-state index < -0.39 is 0 Å². The molecule has 0 aromatic carbocycles. The molecule has 22 heavy (non-hydrogen) atoms. The number of hydrogen-bond donors (Lipinski definition) is 1. The highest BCUT2D eigenvalue weighted by atomic mass is 16.2. The molecule has 3 rings (SSSR count). The van der Waals surface area contributed by atoms with E-state index in [1.807, 2.05) is 0 Å². The van der Waals surface area contributed by atoms with E-state index >= 15 is 0 Å². The Morgan fingerprint density at radius 2 is 2.00 bits per heavy atom. The molecule has 1 N–H and O–H groups in total. The number of nitrogens with zero attached hydrogens (tertiary/aromatic N) is 5. The predicted octanol–water partition coefficient (Wildman–Crippen LogP) is -0.367. The second-order valence-corrected chi connectivity index (χ2v) is 5.42. The largest absolute Gasteiger partial charge is 0.338 e. The molecule has 8 nitrogen and oxygen atoms in total. The maximum absolute atomic E-state index is 12.2. The Balaban J connectivity index is 1.94. The molecule has 0 radical (unpaired) electrons. The van der Waals surface area contributed by atoms with Gasteiger partial charge in [0.1, 0.15) is 0 Å². The zero-order valence-corrected chi connectivity index (χ0v) is 12.6. The molecule has 0 unspecified atom stereocenters. The zero-order chi connectivity index (χ0) is 15.7. The van der Waals surface area contributed by atoms with E-state index in [1.165, 1.54) is 19.3 Å². The molecular weight excluding hydrogens is 284 g/mol. The maximum Gasteiger partial charge on any atom is 0.280 e. The van der Waals surface area contributed by atoms with E-state index in [0.29, 0.717) is 16.9 Å². The number of carbonyl (C=O) groups excluding carboxylic acids is 1. The third-order valence-electron chi connectivity index (χ3n) is 3.70. The normalized spacial score (nSPS) is 16.0. The molecule has 0 aliphatic carbocycles. The molecule has 2 aromatic heterocycles. The minimum atomic E-state index is -0.336. The highest BCUT2D eigenvalue weighted by molar-refractivity contribution is 5.82. The number of hydrogen-bond acceptors (Lipinski definition) is 6. The Labute approximate surface area is 127 Å². The summed E-state index contributed by atoms with van der Waals surface area (Å²) in [6, 6.07) is 1.70. The Kier molecular flexibility index (Phi) is 3.76.